The van der Waals surface area contributed by atoms with Crippen molar-refractivity contribution in [2.45, 2.75) is 38.3 Å². The predicted molar refractivity (Wildman–Crippen MR) is 68.3 cm³/mol. The second kappa shape index (κ2) is 4.96. The number of halogens is 1. The van der Waals surface area contributed by atoms with Gasteiger partial charge in [0.1, 0.15) is 6.67 Å². The van der Waals surface area contributed by atoms with Crippen LogP contribution < -0.4 is 5.32 Å². The van der Waals surface area contributed by atoms with Crippen LogP contribution in [-0.2, 0) is 16.0 Å². The van der Waals surface area contributed by atoms with Crippen molar-refractivity contribution in [3.63, 3.8) is 0 Å². The molecule has 1 unspecified atom stereocenters. The van der Waals surface area contributed by atoms with Gasteiger partial charge in [-0.1, -0.05) is 18.2 Å². The minimum Gasteiger partial charge on any atom is -0.461 e. The van der Waals surface area contributed by atoms with Gasteiger partial charge in [0.15, 0.2) is 5.54 Å². The number of fused-ring (bicyclic) bond motifs is 1. The molecule has 1 aromatic rings. The van der Waals surface area contributed by atoms with Crippen LogP contribution in [0.3, 0.4) is 0 Å². The smallest absolute Gasteiger partial charge is 0.334 e. The minimum atomic E-state index is -1.22. The Kier molecular flexibility index (Phi) is 3.55. The molecule has 0 saturated carbocycles. The highest BCUT2D eigenvalue weighted by Gasteiger charge is 2.43. The van der Waals surface area contributed by atoms with Gasteiger partial charge in [-0.05, 0) is 38.3 Å². The number of alkyl halides is 1. The lowest BCUT2D eigenvalue weighted by molar-refractivity contribution is -0.154. The van der Waals surface area contributed by atoms with Crippen molar-refractivity contribution in [3.05, 3.63) is 29.8 Å². The van der Waals surface area contributed by atoms with E-state index in [0.29, 0.717) is 12.8 Å². The Hall–Kier alpha value is -1.58. The topological polar surface area (TPSA) is 38.3 Å². The summed E-state index contributed by atoms with van der Waals surface area (Å²) >= 11 is 0. The number of carbonyl (C=O) groups excluding carboxylic acids is 1. The molecule has 1 heterocycles. The van der Waals surface area contributed by atoms with Gasteiger partial charge in [-0.25, -0.2) is 9.18 Å². The van der Waals surface area contributed by atoms with E-state index in [0.717, 1.165) is 11.3 Å². The Morgan fingerprint density at radius 3 is 2.89 bits per heavy atom. The molecule has 1 aliphatic rings. The number of ether oxygens (including phenoxy) is 1. The first-order valence-corrected chi connectivity index (χ1v) is 6.20. The van der Waals surface area contributed by atoms with Crippen LogP contribution in [0.5, 0.6) is 0 Å². The average molecular weight is 251 g/mol. The van der Waals surface area contributed by atoms with E-state index < -0.39 is 18.2 Å². The second-order valence-electron chi connectivity index (χ2n) is 4.95. The molecule has 0 saturated heterocycles. The van der Waals surface area contributed by atoms with Crippen LogP contribution in [0.15, 0.2) is 24.3 Å². The number of hydrogen-bond donors (Lipinski definition) is 1. The molecule has 1 N–H and O–H groups in total. The highest BCUT2D eigenvalue weighted by atomic mass is 19.1. The van der Waals surface area contributed by atoms with Crippen molar-refractivity contribution in [3.8, 4) is 0 Å². The zero-order valence-corrected chi connectivity index (χ0v) is 10.7. The van der Waals surface area contributed by atoms with Gasteiger partial charge in [0.2, 0.25) is 0 Å². The number of hydrogen-bond acceptors (Lipinski definition) is 3. The standard InChI is InChI=1S/C14H18FNO2/c1-10(2)18-13(17)14(9-15)8-7-11-5-3-4-6-12(11)16-14/h3-6,10,16H,7-9H2,1-2H3. The lowest BCUT2D eigenvalue weighted by Crippen LogP contribution is -2.52. The molecule has 2 rings (SSSR count). The third kappa shape index (κ3) is 2.33. The van der Waals surface area contributed by atoms with Gasteiger partial charge >= 0.3 is 5.97 Å². The van der Waals surface area contributed by atoms with Gasteiger partial charge in [-0.3, -0.25) is 0 Å². The Labute approximate surface area is 106 Å². The Morgan fingerprint density at radius 1 is 1.50 bits per heavy atom. The van der Waals surface area contributed by atoms with Crippen LogP contribution in [-0.4, -0.2) is 24.3 Å². The van der Waals surface area contributed by atoms with Crippen molar-refractivity contribution >= 4 is 11.7 Å². The number of benzene rings is 1. The molecule has 1 atom stereocenters. The SMILES string of the molecule is CC(C)OC(=O)C1(CF)CCc2ccccc2N1. The van der Waals surface area contributed by atoms with Crippen molar-refractivity contribution in [2.75, 3.05) is 12.0 Å². The monoisotopic (exact) mass is 251 g/mol. The lowest BCUT2D eigenvalue weighted by atomic mass is 9.87. The van der Waals surface area contributed by atoms with Crippen LogP contribution in [0.4, 0.5) is 10.1 Å². The summed E-state index contributed by atoms with van der Waals surface area (Å²) in [5, 5.41) is 3.02. The molecular weight excluding hydrogens is 233 g/mol. The number of para-hydroxylation sites is 1. The van der Waals surface area contributed by atoms with Crippen LogP contribution in [0.25, 0.3) is 0 Å². The molecule has 4 heteroatoms. The first-order chi connectivity index (χ1) is 8.57. The maximum Gasteiger partial charge on any atom is 0.334 e. The van der Waals surface area contributed by atoms with Gasteiger partial charge in [-0.15, -0.1) is 0 Å². The van der Waals surface area contributed by atoms with Gasteiger partial charge in [0.25, 0.3) is 0 Å². The van der Waals surface area contributed by atoms with E-state index in [9.17, 15) is 9.18 Å². The summed E-state index contributed by atoms with van der Waals surface area (Å²) in [6, 6.07) is 7.66. The number of esters is 1. The van der Waals surface area contributed by atoms with Crippen molar-refractivity contribution in [1.82, 2.24) is 0 Å². The zero-order chi connectivity index (χ0) is 13.2. The number of aryl methyl sites for hydroxylation is 1. The van der Waals surface area contributed by atoms with Gasteiger partial charge in [0.05, 0.1) is 6.10 Å². The maximum absolute atomic E-state index is 13.4. The molecular formula is C14H18FNO2. The molecule has 0 amide bonds. The highest BCUT2D eigenvalue weighted by Crippen LogP contribution is 2.32. The summed E-state index contributed by atoms with van der Waals surface area (Å²) in [4.78, 5) is 12.0. The third-order valence-electron chi connectivity index (χ3n) is 3.17. The van der Waals surface area contributed by atoms with Crippen LogP contribution in [0.2, 0.25) is 0 Å². The van der Waals surface area contributed by atoms with E-state index >= 15 is 0 Å². The van der Waals surface area contributed by atoms with Crippen molar-refractivity contribution < 1.29 is 13.9 Å². The predicted octanol–water partition coefficient (Wildman–Crippen LogP) is 2.70. The summed E-state index contributed by atoms with van der Waals surface area (Å²) in [5.74, 6) is -0.505. The summed E-state index contributed by atoms with van der Waals surface area (Å²) < 4.78 is 18.5. The van der Waals surface area contributed by atoms with Crippen molar-refractivity contribution in [1.29, 1.82) is 0 Å². The summed E-state index contributed by atoms with van der Waals surface area (Å²) in [7, 11) is 0. The Bertz CT molecular complexity index is 447. The molecule has 1 aromatic carbocycles. The van der Waals surface area contributed by atoms with E-state index in [2.05, 4.69) is 5.32 Å². The Morgan fingerprint density at radius 2 is 2.22 bits per heavy atom. The molecule has 0 bridgehead atoms. The summed E-state index contributed by atoms with van der Waals surface area (Å²) in [6.07, 6.45) is 0.867. The lowest BCUT2D eigenvalue weighted by Gasteiger charge is -2.36. The van der Waals surface area contributed by atoms with Crippen molar-refractivity contribution in [2.24, 2.45) is 0 Å². The Balaban J connectivity index is 2.24. The number of carbonyl (C=O) groups is 1. The fourth-order valence-corrected chi connectivity index (χ4v) is 2.16. The first kappa shape index (κ1) is 12.9. The van der Waals surface area contributed by atoms with E-state index in [1.165, 1.54) is 0 Å². The zero-order valence-electron chi connectivity index (χ0n) is 10.7. The van der Waals surface area contributed by atoms with Gasteiger partial charge < -0.3 is 10.1 Å². The molecule has 3 nitrogen and oxygen atoms in total. The third-order valence-corrected chi connectivity index (χ3v) is 3.17. The molecule has 0 spiro atoms. The van der Waals surface area contributed by atoms with Crippen LogP contribution in [0.1, 0.15) is 25.8 Å². The fourth-order valence-electron chi connectivity index (χ4n) is 2.16. The van der Waals surface area contributed by atoms with Gasteiger partial charge in [-0.2, -0.15) is 0 Å². The molecule has 98 valence electrons. The summed E-state index contributed by atoms with van der Waals surface area (Å²) in [5.41, 5.74) is 0.708. The minimum absolute atomic E-state index is 0.236. The van der Waals surface area contributed by atoms with Crippen LogP contribution in [0, 0.1) is 0 Å². The van der Waals surface area contributed by atoms with Crippen LogP contribution >= 0.6 is 0 Å². The number of rotatable bonds is 3. The quantitative estimate of drug-likeness (QED) is 0.839. The van der Waals surface area contributed by atoms with E-state index in [-0.39, 0.29) is 6.10 Å². The summed E-state index contributed by atoms with van der Waals surface area (Å²) in [6.45, 7) is 2.77. The second-order valence-corrected chi connectivity index (χ2v) is 4.95. The molecule has 0 aromatic heterocycles. The molecule has 1 aliphatic heterocycles. The maximum atomic E-state index is 13.4. The molecule has 0 fully saturated rings. The van der Waals surface area contributed by atoms with Gasteiger partial charge in [0, 0.05) is 5.69 Å². The van der Waals surface area contributed by atoms with E-state index in [4.69, 9.17) is 4.74 Å². The molecule has 0 aliphatic carbocycles. The first-order valence-electron chi connectivity index (χ1n) is 6.20. The number of nitrogens with one attached hydrogen (secondary N) is 1. The normalized spacial score (nSPS) is 22.2. The average Bonchev–Trinajstić information content (AvgIpc) is 2.37. The molecule has 0 radical (unpaired) electrons. The van der Waals surface area contributed by atoms with E-state index in [1.807, 2.05) is 24.3 Å². The highest BCUT2D eigenvalue weighted by molar-refractivity contribution is 5.86. The number of anilines is 1. The van der Waals surface area contributed by atoms with E-state index in [1.54, 1.807) is 13.8 Å². The molecule has 18 heavy (non-hydrogen) atoms. The fraction of sp³-hybridized carbons (Fsp3) is 0.500. The largest absolute Gasteiger partial charge is 0.461 e.